The van der Waals surface area contributed by atoms with Crippen LogP contribution in [0.4, 0.5) is 0 Å². The number of H-pyrrole nitrogens is 1. The Balaban J connectivity index is 1.55. The van der Waals surface area contributed by atoms with Crippen LogP contribution >= 0.6 is 0 Å². The standard InChI is InChI=1S/C26H31N3O2S/c1-4-29(5-2)15-14-23-18-27-26-13-11-21(17-25(23)26)19(3)28-32(30,31)24-12-10-20-8-6-7-9-22(20)16-24/h6-13,16-19,27-28H,4-5,14-15H2,1-3H3. The Morgan fingerprint density at radius 2 is 1.72 bits per heavy atom. The number of fused-ring (bicyclic) bond motifs is 2. The first kappa shape index (κ1) is 22.5. The molecule has 4 aromatic rings. The van der Waals surface area contributed by atoms with Crippen molar-refractivity contribution in [1.82, 2.24) is 14.6 Å². The molecule has 0 fully saturated rings. The van der Waals surface area contributed by atoms with Gasteiger partial charge in [-0.3, -0.25) is 0 Å². The molecule has 0 bridgehead atoms. The highest BCUT2D eigenvalue weighted by atomic mass is 32.2. The van der Waals surface area contributed by atoms with Gasteiger partial charge in [0.05, 0.1) is 4.90 Å². The quantitative estimate of drug-likeness (QED) is 0.367. The normalized spacial score (nSPS) is 13.2. The zero-order valence-electron chi connectivity index (χ0n) is 18.9. The summed E-state index contributed by atoms with van der Waals surface area (Å²) in [5.41, 5.74) is 3.29. The Bertz CT molecular complexity index is 1320. The number of rotatable bonds is 9. The molecular formula is C26H31N3O2S. The zero-order valence-corrected chi connectivity index (χ0v) is 19.7. The highest BCUT2D eigenvalue weighted by Crippen LogP contribution is 2.26. The highest BCUT2D eigenvalue weighted by molar-refractivity contribution is 7.89. The molecule has 0 spiro atoms. The molecule has 1 aromatic heterocycles. The van der Waals surface area contributed by atoms with Crippen LogP contribution in [0.5, 0.6) is 0 Å². The molecule has 168 valence electrons. The molecule has 1 unspecified atom stereocenters. The van der Waals surface area contributed by atoms with E-state index in [1.54, 1.807) is 12.1 Å². The van der Waals surface area contributed by atoms with Crippen molar-refractivity contribution in [2.45, 2.75) is 38.1 Å². The Kier molecular flexibility index (Phi) is 6.65. The lowest BCUT2D eigenvalue weighted by molar-refractivity contribution is 0.308. The second-order valence-electron chi connectivity index (χ2n) is 8.25. The second kappa shape index (κ2) is 9.45. The van der Waals surface area contributed by atoms with Crippen LogP contribution in [0, 0.1) is 0 Å². The monoisotopic (exact) mass is 449 g/mol. The van der Waals surface area contributed by atoms with Gasteiger partial charge in [-0.05, 0) is 72.6 Å². The largest absolute Gasteiger partial charge is 0.361 e. The van der Waals surface area contributed by atoms with E-state index in [1.807, 2.05) is 49.4 Å². The maximum atomic E-state index is 13.1. The van der Waals surface area contributed by atoms with Gasteiger partial charge in [0.1, 0.15) is 0 Å². The number of aromatic amines is 1. The van der Waals surface area contributed by atoms with Crippen molar-refractivity contribution >= 4 is 31.7 Å². The molecule has 1 atom stereocenters. The van der Waals surface area contributed by atoms with Gasteiger partial charge in [-0.2, -0.15) is 0 Å². The summed E-state index contributed by atoms with van der Waals surface area (Å²) in [4.78, 5) is 6.04. The van der Waals surface area contributed by atoms with E-state index in [0.29, 0.717) is 0 Å². The number of aromatic nitrogens is 1. The number of nitrogens with zero attached hydrogens (tertiary/aromatic N) is 1. The molecule has 0 saturated carbocycles. The number of nitrogens with one attached hydrogen (secondary N) is 2. The fourth-order valence-electron chi connectivity index (χ4n) is 4.19. The maximum Gasteiger partial charge on any atom is 0.241 e. The van der Waals surface area contributed by atoms with Gasteiger partial charge in [-0.25, -0.2) is 13.1 Å². The molecule has 0 aliphatic rings. The molecule has 4 rings (SSSR count). The van der Waals surface area contributed by atoms with Crippen molar-refractivity contribution in [3.8, 4) is 0 Å². The summed E-state index contributed by atoms with van der Waals surface area (Å²) < 4.78 is 29.0. The minimum absolute atomic E-state index is 0.283. The summed E-state index contributed by atoms with van der Waals surface area (Å²) >= 11 is 0. The van der Waals surface area contributed by atoms with E-state index in [4.69, 9.17) is 0 Å². The van der Waals surface area contributed by atoms with Crippen molar-refractivity contribution in [3.05, 3.63) is 78.0 Å². The lowest BCUT2D eigenvalue weighted by Crippen LogP contribution is -2.27. The van der Waals surface area contributed by atoms with E-state index in [-0.39, 0.29) is 10.9 Å². The molecule has 0 aliphatic heterocycles. The van der Waals surface area contributed by atoms with Crippen molar-refractivity contribution in [2.24, 2.45) is 0 Å². The van der Waals surface area contributed by atoms with Crippen LogP contribution in [0.25, 0.3) is 21.7 Å². The molecule has 3 aromatic carbocycles. The minimum atomic E-state index is -3.64. The first-order valence-electron chi connectivity index (χ1n) is 11.2. The van der Waals surface area contributed by atoms with Gasteiger partial charge in [-0.15, -0.1) is 0 Å². The first-order valence-corrected chi connectivity index (χ1v) is 12.7. The van der Waals surface area contributed by atoms with Gasteiger partial charge >= 0.3 is 0 Å². The summed E-state index contributed by atoms with van der Waals surface area (Å²) in [6, 6.07) is 18.8. The maximum absolute atomic E-state index is 13.1. The van der Waals surface area contributed by atoms with Gasteiger partial charge < -0.3 is 9.88 Å². The number of sulfonamides is 1. The summed E-state index contributed by atoms with van der Waals surface area (Å²) in [5, 5.41) is 3.09. The molecule has 32 heavy (non-hydrogen) atoms. The lowest BCUT2D eigenvalue weighted by atomic mass is 10.0. The van der Waals surface area contributed by atoms with Gasteiger partial charge in [0, 0.05) is 29.7 Å². The SMILES string of the molecule is CCN(CC)CCc1c[nH]c2ccc(C(C)NS(=O)(=O)c3ccc4ccccc4c3)cc12. The zero-order chi connectivity index (χ0) is 22.7. The number of benzene rings is 3. The van der Waals surface area contributed by atoms with Crippen LogP contribution in [0.1, 0.15) is 37.9 Å². The fraction of sp³-hybridized carbons (Fsp3) is 0.308. The molecule has 0 amide bonds. The van der Waals surface area contributed by atoms with Crippen LogP contribution < -0.4 is 4.72 Å². The van der Waals surface area contributed by atoms with E-state index in [2.05, 4.69) is 40.7 Å². The predicted octanol–water partition coefficient (Wildman–Crippen LogP) is 5.24. The topological polar surface area (TPSA) is 65.2 Å². The van der Waals surface area contributed by atoms with Crippen molar-refractivity contribution in [3.63, 3.8) is 0 Å². The van der Waals surface area contributed by atoms with Crippen LogP contribution in [-0.4, -0.2) is 37.9 Å². The van der Waals surface area contributed by atoms with Gasteiger partial charge in [0.25, 0.3) is 0 Å². The Morgan fingerprint density at radius 3 is 2.47 bits per heavy atom. The van der Waals surface area contributed by atoms with Crippen LogP contribution in [-0.2, 0) is 16.4 Å². The fourth-order valence-corrected chi connectivity index (χ4v) is 5.46. The predicted molar refractivity (Wildman–Crippen MR) is 132 cm³/mol. The Morgan fingerprint density at radius 1 is 0.969 bits per heavy atom. The van der Waals surface area contributed by atoms with E-state index in [1.165, 1.54) is 5.56 Å². The third-order valence-corrected chi connectivity index (χ3v) is 7.78. The van der Waals surface area contributed by atoms with Crippen LogP contribution in [0.2, 0.25) is 0 Å². The van der Waals surface area contributed by atoms with Crippen LogP contribution in [0.15, 0.2) is 71.8 Å². The molecule has 1 heterocycles. The van der Waals surface area contributed by atoms with Gasteiger partial charge in [0.15, 0.2) is 0 Å². The van der Waals surface area contributed by atoms with E-state index >= 15 is 0 Å². The second-order valence-corrected chi connectivity index (χ2v) is 9.96. The first-order chi connectivity index (χ1) is 15.4. The van der Waals surface area contributed by atoms with E-state index < -0.39 is 10.0 Å². The van der Waals surface area contributed by atoms with Crippen molar-refractivity contribution < 1.29 is 8.42 Å². The van der Waals surface area contributed by atoms with Gasteiger partial charge in [0.2, 0.25) is 10.0 Å². The summed E-state index contributed by atoms with van der Waals surface area (Å²) in [6.07, 6.45) is 3.03. The minimum Gasteiger partial charge on any atom is -0.361 e. The Hall–Kier alpha value is -2.67. The van der Waals surface area contributed by atoms with Gasteiger partial charge in [-0.1, -0.05) is 50.2 Å². The summed E-state index contributed by atoms with van der Waals surface area (Å²) in [6.45, 7) is 9.34. The summed E-state index contributed by atoms with van der Waals surface area (Å²) in [7, 11) is -3.64. The summed E-state index contributed by atoms with van der Waals surface area (Å²) in [5.74, 6) is 0. The average Bonchev–Trinajstić information content (AvgIpc) is 3.21. The molecule has 0 aliphatic carbocycles. The molecular weight excluding hydrogens is 418 g/mol. The Labute approximate surface area is 190 Å². The van der Waals surface area contributed by atoms with Crippen LogP contribution in [0.3, 0.4) is 0 Å². The van der Waals surface area contributed by atoms with E-state index in [9.17, 15) is 8.42 Å². The third kappa shape index (κ3) is 4.72. The number of likely N-dealkylation sites (N-methyl/N-ethyl adjacent to an activating group) is 1. The third-order valence-electron chi connectivity index (χ3n) is 6.25. The number of hydrogen-bond acceptors (Lipinski definition) is 3. The molecule has 0 saturated heterocycles. The van der Waals surface area contributed by atoms with E-state index in [0.717, 1.165) is 53.3 Å². The molecule has 0 radical (unpaired) electrons. The molecule has 6 heteroatoms. The van der Waals surface area contributed by atoms with Crippen molar-refractivity contribution in [1.29, 1.82) is 0 Å². The number of hydrogen-bond donors (Lipinski definition) is 2. The lowest BCUT2D eigenvalue weighted by Gasteiger charge is -2.18. The molecule has 5 nitrogen and oxygen atoms in total. The smallest absolute Gasteiger partial charge is 0.241 e. The average molecular weight is 450 g/mol. The highest BCUT2D eigenvalue weighted by Gasteiger charge is 2.19. The van der Waals surface area contributed by atoms with Crippen molar-refractivity contribution in [2.75, 3.05) is 19.6 Å². The molecule has 2 N–H and O–H groups in total.